The van der Waals surface area contributed by atoms with Gasteiger partial charge in [-0.25, -0.2) is 0 Å². The van der Waals surface area contributed by atoms with Crippen LogP contribution in [0, 0.1) is 17.3 Å². The Balaban J connectivity index is 2.39. The van der Waals surface area contributed by atoms with Gasteiger partial charge in [-0.1, -0.05) is 13.8 Å². The fraction of sp³-hybridized carbons (Fsp3) is 1.00. The highest BCUT2D eigenvalue weighted by Crippen LogP contribution is 2.57. The van der Waals surface area contributed by atoms with Crippen LogP contribution in [0.5, 0.6) is 0 Å². The summed E-state index contributed by atoms with van der Waals surface area (Å²) in [4.78, 5) is 2.20. The molecule has 0 radical (unpaired) electrons. The van der Waals surface area contributed by atoms with E-state index in [4.69, 9.17) is 5.11 Å². The second-order valence-corrected chi connectivity index (χ2v) is 4.48. The van der Waals surface area contributed by atoms with Gasteiger partial charge >= 0.3 is 0 Å². The third-order valence-electron chi connectivity index (χ3n) is 3.05. The highest BCUT2D eigenvalue weighted by molar-refractivity contribution is 5.05. The molecular formula is C9H19NO. The predicted octanol–water partition coefficient (Wildman–Crippen LogP) is 0.812. The molecule has 1 N–H and O–H groups in total. The average Bonchev–Trinajstić information content (AvgIpc) is 2.33. The first-order valence-electron chi connectivity index (χ1n) is 4.25. The van der Waals surface area contributed by atoms with Crippen LogP contribution in [0.25, 0.3) is 0 Å². The Morgan fingerprint density at radius 2 is 1.82 bits per heavy atom. The summed E-state index contributed by atoms with van der Waals surface area (Å²) in [5.74, 6) is 1.23. The van der Waals surface area contributed by atoms with Crippen LogP contribution in [-0.4, -0.2) is 37.3 Å². The minimum Gasteiger partial charge on any atom is -0.396 e. The maximum atomic E-state index is 9.01. The smallest absolute Gasteiger partial charge is 0.0467 e. The fourth-order valence-electron chi connectivity index (χ4n) is 1.98. The van der Waals surface area contributed by atoms with Gasteiger partial charge in [-0.15, -0.1) is 0 Å². The molecule has 0 aromatic rings. The van der Waals surface area contributed by atoms with E-state index < -0.39 is 0 Å². The Morgan fingerprint density at radius 3 is 2.09 bits per heavy atom. The Morgan fingerprint density at radius 1 is 1.27 bits per heavy atom. The molecular weight excluding hydrogens is 138 g/mol. The third kappa shape index (κ3) is 1.57. The third-order valence-corrected chi connectivity index (χ3v) is 3.05. The zero-order chi connectivity index (χ0) is 8.65. The lowest BCUT2D eigenvalue weighted by Gasteiger charge is -2.09. The topological polar surface area (TPSA) is 23.5 Å². The standard InChI is InChI=1S/C9H19NO/c1-9(2)7(5-10(3)4)8(9)6-11/h7-8,11H,5-6H2,1-4H3/t7-,8+/m0/s1. The maximum absolute atomic E-state index is 9.01. The Bertz CT molecular complexity index is 142. The normalized spacial score (nSPS) is 34.4. The number of aliphatic hydroxyl groups is 1. The van der Waals surface area contributed by atoms with E-state index in [1.807, 2.05) is 0 Å². The first kappa shape index (κ1) is 9.01. The fourth-order valence-corrected chi connectivity index (χ4v) is 1.98. The summed E-state index contributed by atoms with van der Waals surface area (Å²) in [6.07, 6.45) is 0. The summed E-state index contributed by atoms with van der Waals surface area (Å²) in [5, 5.41) is 9.01. The van der Waals surface area contributed by atoms with Crippen molar-refractivity contribution in [1.29, 1.82) is 0 Å². The largest absolute Gasteiger partial charge is 0.396 e. The van der Waals surface area contributed by atoms with E-state index in [2.05, 4.69) is 32.8 Å². The van der Waals surface area contributed by atoms with Gasteiger partial charge in [0.15, 0.2) is 0 Å². The zero-order valence-corrected chi connectivity index (χ0v) is 7.96. The molecule has 0 spiro atoms. The van der Waals surface area contributed by atoms with Crippen molar-refractivity contribution in [2.45, 2.75) is 13.8 Å². The lowest BCUT2D eigenvalue weighted by atomic mass is 10.1. The van der Waals surface area contributed by atoms with Crippen LogP contribution in [0.4, 0.5) is 0 Å². The molecule has 0 bridgehead atoms. The van der Waals surface area contributed by atoms with Gasteiger partial charge in [0.05, 0.1) is 0 Å². The van der Waals surface area contributed by atoms with E-state index in [9.17, 15) is 0 Å². The van der Waals surface area contributed by atoms with E-state index in [0.717, 1.165) is 6.54 Å². The lowest BCUT2D eigenvalue weighted by molar-refractivity contribution is 0.252. The number of hydrogen-bond donors (Lipinski definition) is 1. The van der Waals surface area contributed by atoms with Gasteiger partial charge in [-0.3, -0.25) is 0 Å². The second-order valence-electron chi connectivity index (χ2n) is 4.48. The number of rotatable bonds is 3. The van der Waals surface area contributed by atoms with Crippen molar-refractivity contribution in [2.24, 2.45) is 17.3 Å². The molecule has 0 amide bonds. The molecule has 0 aliphatic heterocycles. The molecule has 66 valence electrons. The minimum atomic E-state index is 0.353. The molecule has 2 heteroatoms. The molecule has 1 saturated carbocycles. The van der Waals surface area contributed by atoms with E-state index >= 15 is 0 Å². The highest BCUT2D eigenvalue weighted by Gasteiger charge is 2.56. The average molecular weight is 157 g/mol. The molecule has 1 aliphatic rings. The molecule has 0 aromatic carbocycles. The van der Waals surface area contributed by atoms with Gasteiger partial charge < -0.3 is 10.0 Å². The van der Waals surface area contributed by atoms with Crippen molar-refractivity contribution < 1.29 is 5.11 Å². The predicted molar refractivity (Wildman–Crippen MR) is 46.4 cm³/mol. The van der Waals surface area contributed by atoms with Gasteiger partial charge in [0.1, 0.15) is 0 Å². The summed E-state index contributed by atoms with van der Waals surface area (Å²) in [5.41, 5.74) is 0.374. The minimum absolute atomic E-state index is 0.353. The summed E-state index contributed by atoms with van der Waals surface area (Å²) < 4.78 is 0. The summed E-state index contributed by atoms with van der Waals surface area (Å²) in [6.45, 7) is 5.94. The number of aliphatic hydroxyl groups excluding tert-OH is 1. The summed E-state index contributed by atoms with van der Waals surface area (Å²) >= 11 is 0. The van der Waals surface area contributed by atoms with Crippen molar-refractivity contribution in [1.82, 2.24) is 4.90 Å². The molecule has 0 unspecified atom stereocenters. The van der Waals surface area contributed by atoms with Crippen molar-refractivity contribution in [3.63, 3.8) is 0 Å². The Labute approximate surface area is 69.2 Å². The van der Waals surface area contributed by atoms with E-state index in [0.29, 0.717) is 23.9 Å². The van der Waals surface area contributed by atoms with Crippen LogP contribution in [-0.2, 0) is 0 Å². The van der Waals surface area contributed by atoms with Crippen LogP contribution >= 0.6 is 0 Å². The number of nitrogens with zero attached hydrogens (tertiary/aromatic N) is 1. The second kappa shape index (κ2) is 2.76. The quantitative estimate of drug-likeness (QED) is 0.655. The van der Waals surface area contributed by atoms with E-state index in [1.54, 1.807) is 0 Å². The molecule has 2 atom stereocenters. The van der Waals surface area contributed by atoms with Crippen molar-refractivity contribution >= 4 is 0 Å². The monoisotopic (exact) mass is 157 g/mol. The molecule has 0 aromatic heterocycles. The van der Waals surface area contributed by atoms with Crippen molar-refractivity contribution in [3.05, 3.63) is 0 Å². The van der Waals surface area contributed by atoms with Gasteiger partial charge in [0.2, 0.25) is 0 Å². The van der Waals surface area contributed by atoms with Crippen LogP contribution in [0.15, 0.2) is 0 Å². The van der Waals surface area contributed by atoms with Gasteiger partial charge in [0.25, 0.3) is 0 Å². The molecule has 0 saturated heterocycles. The van der Waals surface area contributed by atoms with Crippen molar-refractivity contribution in [2.75, 3.05) is 27.2 Å². The van der Waals surface area contributed by atoms with E-state index in [-0.39, 0.29) is 0 Å². The first-order chi connectivity index (χ1) is 5.00. The maximum Gasteiger partial charge on any atom is 0.0467 e. The SMILES string of the molecule is CN(C)C[C@H]1[C@@H](CO)C1(C)C. The Kier molecular flexibility index (Phi) is 2.26. The summed E-state index contributed by atoms with van der Waals surface area (Å²) in [6, 6.07) is 0. The lowest BCUT2D eigenvalue weighted by Crippen LogP contribution is -2.17. The summed E-state index contributed by atoms with van der Waals surface area (Å²) in [7, 11) is 4.17. The molecule has 1 fully saturated rings. The van der Waals surface area contributed by atoms with Crippen LogP contribution < -0.4 is 0 Å². The molecule has 2 nitrogen and oxygen atoms in total. The van der Waals surface area contributed by atoms with Crippen molar-refractivity contribution in [3.8, 4) is 0 Å². The first-order valence-corrected chi connectivity index (χ1v) is 4.25. The molecule has 11 heavy (non-hydrogen) atoms. The van der Waals surface area contributed by atoms with Crippen LogP contribution in [0.1, 0.15) is 13.8 Å². The van der Waals surface area contributed by atoms with E-state index in [1.165, 1.54) is 0 Å². The highest BCUT2D eigenvalue weighted by atomic mass is 16.3. The zero-order valence-electron chi connectivity index (χ0n) is 7.96. The molecule has 1 rings (SSSR count). The Hall–Kier alpha value is -0.0800. The number of hydrogen-bond acceptors (Lipinski definition) is 2. The van der Waals surface area contributed by atoms with Gasteiger partial charge in [-0.2, -0.15) is 0 Å². The van der Waals surface area contributed by atoms with Gasteiger partial charge in [0, 0.05) is 13.2 Å². The molecule has 0 heterocycles. The van der Waals surface area contributed by atoms with Gasteiger partial charge in [-0.05, 0) is 31.3 Å². The van der Waals surface area contributed by atoms with Crippen LogP contribution in [0.2, 0.25) is 0 Å². The van der Waals surface area contributed by atoms with Crippen LogP contribution in [0.3, 0.4) is 0 Å². The molecule has 1 aliphatic carbocycles.